The monoisotopic (exact) mass is 241 g/mol. The molecule has 1 atom stereocenters. The van der Waals surface area contributed by atoms with Crippen LogP contribution in [0.25, 0.3) is 0 Å². The molecular formula is C13H20ClNO. The fourth-order valence-corrected chi connectivity index (χ4v) is 2.52. The van der Waals surface area contributed by atoms with E-state index in [0.717, 1.165) is 12.3 Å². The summed E-state index contributed by atoms with van der Waals surface area (Å²) in [5.74, 6) is 1.56. The van der Waals surface area contributed by atoms with E-state index in [1.165, 1.54) is 12.0 Å². The Hall–Kier alpha value is -0.730. The highest BCUT2D eigenvalue weighted by Crippen LogP contribution is 2.39. The first kappa shape index (κ1) is 13.3. The Morgan fingerprint density at radius 1 is 1.31 bits per heavy atom. The van der Waals surface area contributed by atoms with Crippen LogP contribution in [0.5, 0.6) is 5.75 Å². The van der Waals surface area contributed by atoms with Crippen LogP contribution in [0.3, 0.4) is 0 Å². The van der Waals surface area contributed by atoms with Crippen LogP contribution < -0.4 is 10.1 Å². The number of benzene rings is 1. The van der Waals surface area contributed by atoms with E-state index < -0.39 is 0 Å². The number of methoxy groups -OCH3 is 1. The molecular weight excluding hydrogens is 222 g/mol. The van der Waals surface area contributed by atoms with Gasteiger partial charge in [-0.05, 0) is 38.4 Å². The van der Waals surface area contributed by atoms with Crippen LogP contribution in [0.4, 0.5) is 0 Å². The van der Waals surface area contributed by atoms with Gasteiger partial charge in [0.1, 0.15) is 5.75 Å². The molecule has 2 rings (SSSR count). The predicted molar refractivity (Wildman–Crippen MR) is 69.7 cm³/mol. The van der Waals surface area contributed by atoms with Gasteiger partial charge in [0, 0.05) is 11.5 Å². The summed E-state index contributed by atoms with van der Waals surface area (Å²) >= 11 is 0. The Morgan fingerprint density at radius 2 is 2.00 bits per heavy atom. The minimum Gasteiger partial charge on any atom is -0.496 e. The van der Waals surface area contributed by atoms with E-state index in [0.29, 0.717) is 5.92 Å². The average Bonchev–Trinajstić information content (AvgIpc) is 2.58. The van der Waals surface area contributed by atoms with Gasteiger partial charge < -0.3 is 10.1 Å². The number of ether oxygens (including phenoxy) is 1. The van der Waals surface area contributed by atoms with Crippen molar-refractivity contribution in [1.29, 1.82) is 0 Å². The Kier molecular flexibility index (Phi) is 4.22. The van der Waals surface area contributed by atoms with Crippen LogP contribution in [0, 0.1) is 0 Å². The van der Waals surface area contributed by atoms with E-state index in [1.54, 1.807) is 7.11 Å². The van der Waals surface area contributed by atoms with Crippen LogP contribution in [0.2, 0.25) is 0 Å². The Morgan fingerprint density at radius 3 is 2.56 bits per heavy atom. The molecule has 2 nitrogen and oxygen atoms in total. The van der Waals surface area contributed by atoms with Gasteiger partial charge in [-0.15, -0.1) is 12.4 Å². The second-order valence-electron chi connectivity index (χ2n) is 4.73. The van der Waals surface area contributed by atoms with Gasteiger partial charge in [-0.1, -0.05) is 18.2 Å². The van der Waals surface area contributed by atoms with Crippen molar-refractivity contribution < 1.29 is 4.74 Å². The number of nitrogens with one attached hydrogen (secondary N) is 1. The maximum absolute atomic E-state index is 5.42. The smallest absolute Gasteiger partial charge is 0.122 e. The summed E-state index contributed by atoms with van der Waals surface area (Å²) in [6.07, 6.45) is 1.19. The molecule has 1 unspecified atom stereocenters. The molecule has 1 fully saturated rings. The molecule has 0 amide bonds. The molecule has 0 aliphatic carbocycles. The van der Waals surface area contributed by atoms with Crippen LogP contribution in [-0.4, -0.2) is 19.2 Å². The summed E-state index contributed by atoms with van der Waals surface area (Å²) in [6, 6.07) is 8.34. The topological polar surface area (TPSA) is 21.3 Å². The van der Waals surface area contributed by atoms with E-state index in [1.807, 2.05) is 12.1 Å². The lowest BCUT2D eigenvalue weighted by molar-refractivity contribution is 0.376. The molecule has 1 saturated heterocycles. The van der Waals surface area contributed by atoms with Crippen molar-refractivity contribution in [2.75, 3.05) is 13.7 Å². The SMILES string of the molecule is COc1ccccc1C1CCNC1(C)C.Cl. The van der Waals surface area contributed by atoms with Crippen molar-refractivity contribution in [1.82, 2.24) is 5.32 Å². The van der Waals surface area contributed by atoms with Crippen LogP contribution >= 0.6 is 12.4 Å². The highest BCUT2D eigenvalue weighted by Gasteiger charge is 2.36. The number of halogens is 1. The lowest BCUT2D eigenvalue weighted by Crippen LogP contribution is -2.36. The highest BCUT2D eigenvalue weighted by atomic mass is 35.5. The molecule has 3 heteroatoms. The van der Waals surface area contributed by atoms with Crippen LogP contribution in [0.1, 0.15) is 31.7 Å². The summed E-state index contributed by atoms with van der Waals surface area (Å²) in [5, 5.41) is 3.54. The van der Waals surface area contributed by atoms with E-state index >= 15 is 0 Å². The van der Waals surface area contributed by atoms with E-state index in [9.17, 15) is 0 Å². The second kappa shape index (κ2) is 5.07. The molecule has 0 radical (unpaired) electrons. The first-order valence-electron chi connectivity index (χ1n) is 5.53. The third kappa shape index (κ3) is 2.33. The van der Waals surface area contributed by atoms with Crippen molar-refractivity contribution in [2.45, 2.75) is 31.7 Å². The fraction of sp³-hybridized carbons (Fsp3) is 0.538. The second-order valence-corrected chi connectivity index (χ2v) is 4.73. The quantitative estimate of drug-likeness (QED) is 0.860. The highest BCUT2D eigenvalue weighted by molar-refractivity contribution is 5.85. The molecule has 1 heterocycles. The standard InChI is InChI=1S/C13H19NO.ClH/c1-13(2)11(8-9-14-13)10-6-4-5-7-12(10)15-3;/h4-7,11,14H,8-9H2,1-3H3;1H. The first-order chi connectivity index (χ1) is 7.15. The van der Waals surface area contributed by atoms with Gasteiger partial charge in [0.2, 0.25) is 0 Å². The van der Waals surface area contributed by atoms with Crippen molar-refractivity contribution in [3.8, 4) is 5.75 Å². The largest absolute Gasteiger partial charge is 0.496 e. The van der Waals surface area contributed by atoms with Gasteiger partial charge in [-0.25, -0.2) is 0 Å². The minimum atomic E-state index is 0. The summed E-state index contributed by atoms with van der Waals surface area (Å²) in [7, 11) is 1.74. The Bertz CT molecular complexity index is 352. The molecule has 0 saturated carbocycles. The molecule has 1 aliphatic heterocycles. The molecule has 90 valence electrons. The first-order valence-corrected chi connectivity index (χ1v) is 5.53. The number of hydrogen-bond donors (Lipinski definition) is 1. The molecule has 0 aromatic heterocycles. The predicted octanol–water partition coefficient (Wildman–Crippen LogP) is 2.97. The molecule has 1 aliphatic rings. The van der Waals surface area contributed by atoms with Crippen molar-refractivity contribution in [3.05, 3.63) is 29.8 Å². The third-order valence-corrected chi connectivity index (χ3v) is 3.40. The maximum Gasteiger partial charge on any atom is 0.122 e. The summed E-state index contributed by atoms with van der Waals surface area (Å²) in [5.41, 5.74) is 1.50. The Balaban J connectivity index is 0.00000128. The molecule has 0 bridgehead atoms. The maximum atomic E-state index is 5.42. The van der Waals surface area contributed by atoms with Crippen molar-refractivity contribution in [3.63, 3.8) is 0 Å². The molecule has 1 aromatic carbocycles. The molecule has 1 aromatic rings. The number of para-hydroxylation sites is 1. The van der Waals surface area contributed by atoms with Gasteiger partial charge >= 0.3 is 0 Å². The van der Waals surface area contributed by atoms with Crippen LogP contribution in [-0.2, 0) is 0 Å². The lowest BCUT2D eigenvalue weighted by atomic mass is 9.83. The number of rotatable bonds is 2. The summed E-state index contributed by atoms with van der Waals surface area (Å²) < 4.78 is 5.42. The van der Waals surface area contributed by atoms with Crippen molar-refractivity contribution in [2.24, 2.45) is 0 Å². The van der Waals surface area contributed by atoms with Gasteiger partial charge in [0.15, 0.2) is 0 Å². The lowest BCUT2D eigenvalue weighted by Gasteiger charge is -2.28. The third-order valence-electron chi connectivity index (χ3n) is 3.40. The fourth-order valence-electron chi connectivity index (χ4n) is 2.52. The zero-order valence-corrected chi connectivity index (χ0v) is 10.9. The van der Waals surface area contributed by atoms with Gasteiger partial charge in [0.25, 0.3) is 0 Å². The summed E-state index contributed by atoms with van der Waals surface area (Å²) in [4.78, 5) is 0. The Labute approximate surface area is 104 Å². The normalized spacial score (nSPS) is 22.6. The zero-order chi connectivity index (χ0) is 10.9. The average molecular weight is 242 g/mol. The molecule has 0 spiro atoms. The van der Waals surface area contributed by atoms with Crippen LogP contribution in [0.15, 0.2) is 24.3 Å². The van der Waals surface area contributed by atoms with Gasteiger partial charge in [-0.2, -0.15) is 0 Å². The zero-order valence-electron chi connectivity index (χ0n) is 10.1. The van der Waals surface area contributed by atoms with Gasteiger partial charge in [-0.3, -0.25) is 0 Å². The minimum absolute atomic E-state index is 0. The van der Waals surface area contributed by atoms with E-state index in [2.05, 4.69) is 31.3 Å². The van der Waals surface area contributed by atoms with Gasteiger partial charge in [0.05, 0.1) is 7.11 Å². The summed E-state index contributed by atoms with van der Waals surface area (Å²) in [6.45, 7) is 5.62. The van der Waals surface area contributed by atoms with E-state index in [-0.39, 0.29) is 17.9 Å². The molecule has 1 N–H and O–H groups in total. The van der Waals surface area contributed by atoms with Crippen molar-refractivity contribution >= 4 is 12.4 Å². The van der Waals surface area contributed by atoms with E-state index in [4.69, 9.17) is 4.74 Å². The molecule has 16 heavy (non-hydrogen) atoms. The number of hydrogen-bond acceptors (Lipinski definition) is 2.